The number of anilines is 3. The van der Waals surface area contributed by atoms with Crippen LogP contribution in [-0.2, 0) is 17.4 Å². The zero-order valence-electron chi connectivity index (χ0n) is 20.3. The molecule has 1 spiro atoms. The van der Waals surface area contributed by atoms with Gasteiger partial charge in [0.05, 0.1) is 23.0 Å². The third-order valence-electron chi connectivity index (χ3n) is 7.85. The minimum Gasteiger partial charge on any atom is -0.368 e. The lowest BCUT2D eigenvalue weighted by Gasteiger charge is -2.53. The third kappa shape index (κ3) is 3.93. The van der Waals surface area contributed by atoms with E-state index in [0.717, 1.165) is 17.4 Å². The van der Waals surface area contributed by atoms with Crippen LogP contribution in [0, 0.1) is 5.41 Å². The quantitative estimate of drug-likeness (QED) is 0.352. The monoisotopic (exact) mass is 558 g/mol. The van der Waals surface area contributed by atoms with E-state index >= 15 is 0 Å². The number of alkyl halides is 3. The van der Waals surface area contributed by atoms with Crippen LogP contribution in [0.15, 0.2) is 71.8 Å². The number of carbonyl (C=O) groups excluding carboxylic acids is 1. The first-order valence-corrected chi connectivity index (χ1v) is 13.0. The van der Waals surface area contributed by atoms with Crippen molar-refractivity contribution >= 4 is 51.9 Å². The zero-order chi connectivity index (χ0) is 26.8. The van der Waals surface area contributed by atoms with Gasteiger partial charge in [0.1, 0.15) is 5.41 Å². The largest absolute Gasteiger partial charge is 0.416 e. The van der Waals surface area contributed by atoms with Gasteiger partial charge in [-0.05, 0) is 79.6 Å². The van der Waals surface area contributed by atoms with Crippen molar-refractivity contribution in [2.24, 2.45) is 10.5 Å². The van der Waals surface area contributed by atoms with Gasteiger partial charge in [0.25, 0.3) is 5.91 Å². The zero-order valence-corrected chi connectivity index (χ0v) is 21.9. The molecule has 0 N–H and O–H groups in total. The standard InChI is InChI=1S/C28H23Cl2F3N4O/c1-17-27(26(38)37(34-17)22-8-6-20(29)7-9-22)15-18-13-19(28(31,32)33)5-10-24(18)36-12-11-35(16-25(27)36)23-4-2-3-21(30)14-23/h2-10,13-14,25H,11-12,15-16H2,1H3/t25-,27-/m1/s1. The van der Waals surface area contributed by atoms with Crippen molar-refractivity contribution in [3.8, 4) is 0 Å². The molecule has 3 aliphatic rings. The van der Waals surface area contributed by atoms with Crippen LogP contribution in [0.25, 0.3) is 0 Å². The molecule has 2 atom stereocenters. The van der Waals surface area contributed by atoms with Crippen molar-refractivity contribution in [3.63, 3.8) is 0 Å². The van der Waals surface area contributed by atoms with Crippen molar-refractivity contribution < 1.29 is 18.0 Å². The molecule has 3 heterocycles. The number of benzene rings is 3. The van der Waals surface area contributed by atoms with Crippen LogP contribution in [-0.4, -0.2) is 37.3 Å². The molecule has 3 aliphatic heterocycles. The highest BCUT2D eigenvalue weighted by Crippen LogP contribution is 2.49. The van der Waals surface area contributed by atoms with Crippen molar-refractivity contribution in [1.82, 2.24) is 0 Å². The smallest absolute Gasteiger partial charge is 0.368 e. The van der Waals surface area contributed by atoms with E-state index in [-0.39, 0.29) is 18.4 Å². The fourth-order valence-corrected chi connectivity index (χ4v) is 6.29. The third-order valence-corrected chi connectivity index (χ3v) is 8.34. The van der Waals surface area contributed by atoms with Crippen molar-refractivity contribution in [2.45, 2.75) is 25.6 Å². The second-order valence-electron chi connectivity index (χ2n) is 9.90. The summed E-state index contributed by atoms with van der Waals surface area (Å²) in [5.41, 5.74) is 1.41. The van der Waals surface area contributed by atoms with E-state index in [2.05, 4.69) is 14.9 Å². The number of amides is 1. The van der Waals surface area contributed by atoms with Gasteiger partial charge in [0.15, 0.2) is 0 Å². The highest BCUT2D eigenvalue weighted by atomic mass is 35.5. The fourth-order valence-electron chi connectivity index (χ4n) is 5.98. The predicted octanol–water partition coefficient (Wildman–Crippen LogP) is 6.67. The molecule has 3 aromatic carbocycles. The van der Waals surface area contributed by atoms with Gasteiger partial charge in [-0.3, -0.25) is 4.79 Å². The summed E-state index contributed by atoms with van der Waals surface area (Å²) in [4.78, 5) is 18.6. The first-order chi connectivity index (χ1) is 18.1. The van der Waals surface area contributed by atoms with Crippen LogP contribution in [0.2, 0.25) is 10.0 Å². The van der Waals surface area contributed by atoms with Crippen LogP contribution >= 0.6 is 23.2 Å². The number of rotatable bonds is 2. The van der Waals surface area contributed by atoms with E-state index in [9.17, 15) is 18.0 Å². The topological polar surface area (TPSA) is 39.2 Å². The Bertz CT molecular complexity index is 1460. The molecule has 38 heavy (non-hydrogen) atoms. The molecule has 3 aromatic rings. The summed E-state index contributed by atoms with van der Waals surface area (Å²) in [7, 11) is 0. The predicted molar refractivity (Wildman–Crippen MR) is 144 cm³/mol. The Balaban J connectivity index is 1.47. The summed E-state index contributed by atoms with van der Waals surface area (Å²) < 4.78 is 41.0. The van der Waals surface area contributed by atoms with E-state index in [1.807, 2.05) is 18.2 Å². The molecule has 1 amide bonds. The fraction of sp³-hybridized carbons (Fsp3) is 0.286. The SMILES string of the molecule is CC1=NN(c2ccc(Cl)cc2)C(=O)[C@]12Cc1cc(C(F)(F)F)ccc1N1CCN(c3cccc(Cl)c3)C[C@@H]12. The Labute approximate surface area is 228 Å². The summed E-state index contributed by atoms with van der Waals surface area (Å²) in [6.07, 6.45) is -4.36. The van der Waals surface area contributed by atoms with Crippen molar-refractivity contribution in [1.29, 1.82) is 0 Å². The summed E-state index contributed by atoms with van der Waals surface area (Å²) in [6, 6.07) is 17.8. The number of halogens is 5. The Kier molecular flexibility index (Phi) is 5.88. The second-order valence-corrected chi connectivity index (χ2v) is 10.8. The molecule has 6 rings (SSSR count). The maximum atomic E-state index is 14.3. The first-order valence-electron chi connectivity index (χ1n) is 12.2. The Morgan fingerprint density at radius 3 is 2.42 bits per heavy atom. The minimum absolute atomic E-state index is 0.120. The van der Waals surface area contributed by atoms with Crippen LogP contribution in [0.5, 0.6) is 0 Å². The van der Waals surface area contributed by atoms with Gasteiger partial charge >= 0.3 is 6.18 Å². The molecule has 196 valence electrons. The molecule has 1 fully saturated rings. The van der Waals surface area contributed by atoms with Crippen LogP contribution in [0.3, 0.4) is 0 Å². The summed E-state index contributed by atoms with van der Waals surface area (Å²) >= 11 is 12.3. The lowest BCUT2D eigenvalue weighted by atomic mass is 9.67. The average molecular weight is 559 g/mol. The van der Waals surface area contributed by atoms with Crippen LogP contribution < -0.4 is 14.8 Å². The van der Waals surface area contributed by atoms with E-state index in [4.69, 9.17) is 23.2 Å². The average Bonchev–Trinajstić information content (AvgIpc) is 3.13. The molecule has 0 aliphatic carbocycles. The lowest BCUT2D eigenvalue weighted by Crippen LogP contribution is -2.67. The second kappa shape index (κ2) is 8.92. The summed E-state index contributed by atoms with van der Waals surface area (Å²) in [5, 5.41) is 7.16. The molecular formula is C28H23Cl2F3N4O. The van der Waals surface area contributed by atoms with Gasteiger partial charge in [0, 0.05) is 41.1 Å². The number of hydrazone groups is 1. The maximum absolute atomic E-state index is 14.3. The van der Waals surface area contributed by atoms with Crippen molar-refractivity contribution in [3.05, 3.63) is 87.9 Å². The highest BCUT2D eigenvalue weighted by Gasteiger charge is 2.60. The van der Waals surface area contributed by atoms with E-state index in [0.29, 0.717) is 46.6 Å². The molecule has 5 nitrogen and oxygen atoms in total. The molecule has 0 radical (unpaired) electrons. The number of nitrogens with zero attached hydrogens (tertiary/aromatic N) is 4. The van der Waals surface area contributed by atoms with Crippen molar-refractivity contribution in [2.75, 3.05) is 34.4 Å². The Morgan fingerprint density at radius 1 is 0.947 bits per heavy atom. The minimum atomic E-state index is -4.48. The first kappa shape index (κ1) is 25.1. The van der Waals surface area contributed by atoms with E-state index in [1.54, 1.807) is 37.3 Å². The number of piperazine rings is 1. The molecule has 1 saturated heterocycles. The normalized spacial score (nSPS) is 23.0. The number of carbonyl (C=O) groups is 1. The molecule has 0 unspecified atom stereocenters. The summed E-state index contributed by atoms with van der Waals surface area (Å²) in [6.45, 7) is 3.42. The highest BCUT2D eigenvalue weighted by molar-refractivity contribution is 6.31. The van der Waals surface area contributed by atoms with Gasteiger partial charge in [-0.1, -0.05) is 29.3 Å². The number of hydrogen-bond donors (Lipinski definition) is 0. The number of hydrogen-bond acceptors (Lipinski definition) is 4. The maximum Gasteiger partial charge on any atom is 0.416 e. The molecule has 0 saturated carbocycles. The Morgan fingerprint density at radius 2 is 1.71 bits per heavy atom. The molecule has 0 aromatic heterocycles. The molecule has 10 heteroatoms. The molecular weight excluding hydrogens is 536 g/mol. The van der Waals surface area contributed by atoms with Gasteiger partial charge in [-0.15, -0.1) is 0 Å². The van der Waals surface area contributed by atoms with E-state index < -0.39 is 17.2 Å². The van der Waals surface area contributed by atoms with Crippen LogP contribution in [0.4, 0.5) is 30.2 Å². The lowest BCUT2D eigenvalue weighted by molar-refractivity contribution is -0.137. The van der Waals surface area contributed by atoms with Gasteiger partial charge in [0.2, 0.25) is 0 Å². The Hall–Kier alpha value is -3.23. The van der Waals surface area contributed by atoms with E-state index in [1.165, 1.54) is 17.1 Å². The summed E-state index contributed by atoms with van der Waals surface area (Å²) in [5.74, 6) is -0.261. The molecule has 0 bridgehead atoms. The van der Waals surface area contributed by atoms with Gasteiger partial charge in [-0.2, -0.15) is 23.3 Å². The van der Waals surface area contributed by atoms with Gasteiger partial charge < -0.3 is 9.80 Å². The number of fused-ring (bicyclic) bond motifs is 4. The van der Waals surface area contributed by atoms with Crippen LogP contribution in [0.1, 0.15) is 18.1 Å². The van der Waals surface area contributed by atoms with Gasteiger partial charge in [-0.25, -0.2) is 0 Å².